The van der Waals surface area contributed by atoms with Crippen molar-refractivity contribution in [3.63, 3.8) is 0 Å². The van der Waals surface area contributed by atoms with Crippen molar-refractivity contribution in [2.45, 2.75) is 18.4 Å². The zero-order chi connectivity index (χ0) is 17.1. The van der Waals surface area contributed by atoms with Crippen LogP contribution in [0, 0.1) is 0 Å². The van der Waals surface area contributed by atoms with Crippen molar-refractivity contribution in [3.8, 4) is 0 Å². The lowest BCUT2D eigenvalue weighted by atomic mass is 9.86. The van der Waals surface area contributed by atoms with Crippen LogP contribution in [-0.2, 0) is 10.3 Å². The normalized spacial score (nSPS) is 19.0. The zero-order valence-corrected chi connectivity index (χ0v) is 16.7. The third-order valence-corrected chi connectivity index (χ3v) is 5.22. The van der Waals surface area contributed by atoms with E-state index in [2.05, 4.69) is 25.5 Å². The van der Waals surface area contributed by atoms with Gasteiger partial charge in [-0.3, -0.25) is 9.48 Å². The number of hydrogen-bond acceptors (Lipinski definition) is 6. The second-order valence-electron chi connectivity index (χ2n) is 6.59. The molecular formula is C17H25Cl2N7O. The number of halogens is 2. The number of rotatable bonds is 3. The summed E-state index contributed by atoms with van der Waals surface area (Å²) in [5, 5.41) is 15.9. The van der Waals surface area contributed by atoms with E-state index >= 15 is 0 Å². The number of nitrogens with one attached hydrogen (secondary N) is 1. The number of nitrogens with zero attached hydrogens (tertiary/aromatic N) is 6. The molecule has 0 aromatic carbocycles. The van der Waals surface area contributed by atoms with Gasteiger partial charge in [0.1, 0.15) is 5.54 Å². The molecule has 0 atom stereocenters. The van der Waals surface area contributed by atoms with E-state index in [0.29, 0.717) is 13.1 Å². The fourth-order valence-electron chi connectivity index (χ4n) is 3.80. The molecule has 0 bridgehead atoms. The van der Waals surface area contributed by atoms with Crippen molar-refractivity contribution >= 4 is 36.5 Å². The van der Waals surface area contributed by atoms with E-state index in [1.165, 1.54) is 0 Å². The molecule has 1 N–H and O–H groups in total. The van der Waals surface area contributed by atoms with Crippen LogP contribution >= 0.6 is 24.8 Å². The van der Waals surface area contributed by atoms with Gasteiger partial charge in [-0.15, -0.1) is 29.9 Å². The molecule has 148 valence electrons. The lowest BCUT2D eigenvalue weighted by Gasteiger charge is -2.43. The van der Waals surface area contributed by atoms with Crippen LogP contribution in [0.15, 0.2) is 36.8 Å². The highest BCUT2D eigenvalue weighted by molar-refractivity contribution is 5.86. The Morgan fingerprint density at radius 1 is 1.04 bits per heavy atom. The van der Waals surface area contributed by atoms with Crippen LogP contribution < -0.4 is 10.2 Å². The standard InChI is InChI=1S/C17H23N7O.2ClH/c25-16(17(4-8-18-9-5-17)24-10-2-7-20-24)23-13-11-22(12-14-23)15-3-1-6-19-21-15;;/h1-3,6-7,10,18H,4-5,8-9,11-14H2;2*1H. The number of piperidine rings is 1. The van der Waals surface area contributed by atoms with Gasteiger partial charge in [0.25, 0.3) is 5.91 Å². The number of amides is 1. The number of carbonyl (C=O) groups excluding carboxylic acids is 1. The maximum Gasteiger partial charge on any atom is 0.250 e. The summed E-state index contributed by atoms with van der Waals surface area (Å²) in [6.07, 6.45) is 6.89. The van der Waals surface area contributed by atoms with Gasteiger partial charge in [0.15, 0.2) is 5.82 Å². The van der Waals surface area contributed by atoms with Gasteiger partial charge in [-0.2, -0.15) is 10.2 Å². The van der Waals surface area contributed by atoms with E-state index in [4.69, 9.17) is 0 Å². The summed E-state index contributed by atoms with van der Waals surface area (Å²) in [6, 6.07) is 5.74. The molecular weight excluding hydrogens is 389 g/mol. The van der Waals surface area contributed by atoms with Crippen molar-refractivity contribution in [3.05, 3.63) is 36.8 Å². The van der Waals surface area contributed by atoms with Crippen molar-refractivity contribution < 1.29 is 4.79 Å². The Kier molecular flexibility index (Phi) is 7.41. The highest BCUT2D eigenvalue weighted by atomic mass is 35.5. The molecule has 0 radical (unpaired) electrons. The zero-order valence-electron chi connectivity index (χ0n) is 15.0. The summed E-state index contributed by atoms with van der Waals surface area (Å²) in [4.78, 5) is 17.6. The summed E-state index contributed by atoms with van der Waals surface area (Å²) in [5.74, 6) is 1.06. The molecule has 10 heteroatoms. The maximum absolute atomic E-state index is 13.4. The largest absolute Gasteiger partial charge is 0.352 e. The van der Waals surface area contributed by atoms with Crippen LogP contribution in [0.25, 0.3) is 0 Å². The van der Waals surface area contributed by atoms with E-state index in [-0.39, 0.29) is 30.7 Å². The van der Waals surface area contributed by atoms with Crippen LogP contribution in [0.5, 0.6) is 0 Å². The lowest BCUT2D eigenvalue weighted by molar-refractivity contribution is -0.143. The molecule has 27 heavy (non-hydrogen) atoms. The van der Waals surface area contributed by atoms with Gasteiger partial charge < -0.3 is 15.1 Å². The topological polar surface area (TPSA) is 79.2 Å². The average Bonchev–Trinajstić information content (AvgIpc) is 3.24. The first-order valence-corrected chi connectivity index (χ1v) is 8.82. The third kappa shape index (κ3) is 4.17. The van der Waals surface area contributed by atoms with E-state index in [9.17, 15) is 4.79 Å². The second-order valence-corrected chi connectivity index (χ2v) is 6.59. The summed E-state index contributed by atoms with van der Waals surface area (Å²) in [6.45, 7) is 4.63. The van der Waals surface area contributed by atoms with Crippen molar-refractivity contribution in [2.75, 3.05) is 44.2 Å². The minimum atomic E-state index is -0.552. The summed E-state index contributed by atoms with van der Waals surface area (Å²) in [5.41, 5.74) is -0.552. The Hall–Kier alpha value is -1.90. The van der Waals surface area contributed by atoms with Crippen molar-refractivity contribution in [1.82, 2.24) is 30.2 Å². The Bertz CT molecular complexity index is 699. The van der Waals surface area contributed by atoms with Crippen molar-refractivity contribution in [1.29, 1.82) is 0 Å². The number of carbonyl (C=O) groups is 1. The predicted molar refractivity (Wildman–Crippen MR) is 108 cm³/mol. The minimum Gasteiger partial charge on any atom is -0.352 e. The molecule has 0 saturated carbocycles. The van der Waals surface area contributed by atoms with Crippen LogP contribution in [0.1, 0.15) is 12.8 Å². The molecule has 0 aliphatic carbocycles. The first-order chi connectivity index (χ1) is 12.3. The first kappa shape index (κ1) is 21.4. The van der Waals surface area contributed by atoms with Crippen molar-refractivity contribution in [2.24, 2.45) is 0 Å². The lowest BCUT2D eigenvalue weighted by Crippen LogP contribution is -2.59. The highest BCUT2D eigenvalue weighted by Crippen LogP contribution is 2.30. The van der Waals surface area contributed by atoms with Gasteiger partial charge in [-0.1, -0.05) is 0 Å². The Balaban J connectivity index is 0.00000131. The third-order valence-electron chi connectivity index (χ3n) is 5.22. The molecule has 2 aliphatic rings. The van der Waals surface area contributed by atoms with Crippen LogP contribution in [0.4, 0.5) is 5.82 Å². The molecule has 0 spiro atoms. The van der Waals surface area contributed by atoms with Gasteiger partial charge in [-0.05, 0) is 44.1 Å². The SMILES string of the molecule is Cl.Cl.O=C(N1CCN(c2cccnn2)CC1)C1(n2cccn2)CCNCC1. The quantitative estimate of drug-likeness (QED) is 0.806. The van der Waals surface area contributed by atoms with Crippen LogP contribution in [-0.4, -0.2) is 70.1 Å². The molecule has 2 aromatic rings. The molecule has 2 aliphatic heterocycles. The van der Waals surface area contributed by atoms with E-state index in [1.54, 1.807) is 12.4 Å². The maximum atomic E-state index is 13.4. The summed E-state index contributed by atoms with van der Waals surface area (Å²) in [7, 11) is 0. The van der Waals surface area contributed by atoms with E-state index in [1.807, 2.05) is 34.0 Å². The fourth-order valence-corrected chi connectivity index (χ4v) is 3.80. The Morgan fingerprint density at radius 2 is 1.78 bits per heavy atom. The molecule has 1 amide bonds. The molecule has 2 aromatic heterocycles. The molecule has 8 nitrogen and oxygen atoms in total. The van der Waals surface area contributed by atoms with Crippen LogP contribution in [0.3, 0.4) is 0 Å². The molecule has 4 rings (SSSR count). The van der Waals surface area contributed by atoms with E-state index < -0.39 is 5.54 Å². The second kappa shape index (κ2) is 9.34. The number of aromatic nitrogens is 4. The predicted octanol–water partition coefficient (Wildman–Crippen LogP) is 0.944. The van der Waals surface area contributed by atoms with Gasteiger partial charge in [0, 0.05) is 44.8 Å². The van der Waals surface area contributed by atoms with E-state index in [0.717, 1.165) is 44.8 Å². The van der Waals surface area contributed by atoms with Gasteiger partial charge in [0.2, 0.25) is 0 Å². The van der Waals surface area contributed by atoms with Gasteiger partial charge >= 0.3 is 0 Å². The van der Waals surface area contributed by atoms with Gasteiger partial charge in [-0.25, -0.2) is 0 Å². The Labute approximate surface area is 171 Å². The number of piperazine rings is 1. The average molecular weight is 414 g/mol. The number of hydrogen-bond donors (Lipinski definition) is 1. The molecule has 2 saturated heterocycles. The summed E-state index contributed by atoms with van der Waals surface area (Å²) >= 11 is 0. The minimum absolute atomic E-state index is 0. The number of anilines is 1. The molecule has 0 unspecified atom stereocenters. The van der Waals surface area contributed by atoms with Gasteiger partial charge in [0.05, 0.1) is 0 Å². The van der Waals surface area contributed by atoms with Crippen LogP contribution in [0.2, 0.25) is 0 Å². The first-order valence-electron chi connectivity index (χ1n) is 8.82. The Morgan fingerprint density at radius 3 is 2.37 bits per heavy atom. The molecule has 2 fully saturated rings. The highest BCUT2D eigenvalue weighted by Gasteiger charge is 2.44. The molecule has 4 heterocycles. The monoisotopic (exact) mass is 413 g/mol. The fraction of sp³-hybridized carbons (Fsp3) is 0.529. The smallest absolute Gasteiger partial charge is 0.250 e. The summed E-state index contributed by atoms with van der Waals surface area (Å²) < 4.78 is 1.87.